The van der Waals surface area contributed by atoms with E-state index in [1.54, 1.807) is 12.3 Å². The van der Waals surface area contributed by atoms with Crippen molar-refractivity contribution in [3.05, 3.63) is 77.6 Å². The molecule has 5 heteroatoms. The molecule has 0 fully saturated rings. The van der Waals surface area contributed by atoms with Gasteiger partial charge < -0.3 is 10.6 Å². The molecule has 3 rings (SSSR count). The van der Waals surface area contributed by atoms with E-state index in [1.165, 1.54) is 5.56 Å². The van der Waals surface area contributed by atoms with Crippen LogP contribution in [0, 0.1) is 6.92 Å². The van der Waals surface area contributed by atoms with Crippen LogP contribution >= 0.6 is 0 Å². The van der Waals surface area contributed by atoms with Crippen molar-refractivity contribution in [1.29, 1.82) is 0 Å². The highest BCUT2D eigenvalue weighted by Crippen LogP contribution is 2.23. The highest BCUT2D eigenvalue weighted by molar-refractivity contribution is 6.03. The standard InChI is InChI=1S/C22H24N4O/c1-15-7-5-6-8-18(15)25-21-23-14-13-19(26-21)20(27)24-17-11-9-16(10-12-17)22(2,3)4/h5-14H,1-4H3,(H,24,27)(H,23,25,26). The fraction of sp³-hybridized carbons (Fsp3) is 0.227. The maximum absolute atomic E-state index is 12.5. The molecule has 5 nitrogen and oxygen atoms in total. The van der Waals surface area contributed by atoms with E-state index in [2.05, 4.69) is 41.4 Å². The van der Waals surface area contributed by atoms with E-state index in [0.717, 1.165) is 16.9 Å². The summed E-state index contributed by atoms with van der Waals surface area (Å²) in [4.78, 5) is 21.1. The molecule has 0 radical (unpaired) electrons. The Labute approximate surface area is 159 Å². The van der Waals surface area contributed by atoms with E-state index in [0.29, 0.717) is 11.6 Å². The Balaban J connectivity index is 1.73. The third kappa shape index (κ3) is 4.70. The van der Waals surface area contributed by atoms with Crippen LogP contribution in [0.1, 0.15) is 42.4 Å². The van der Waals surface area contributed by atoms with Crippen LogP contribution in [0.3, 0.4) is 0 Å². The number of anilines is 3. The smallest absolute Gasteiger partial charge is 0.274 e. The summed E-state index contributed by atoms with van der Waals surface area (Å²) in [5.41, 5.74) is 4.32. The molecular weight excluding hydrogens is 336 g/mol. The average molecular weight is 360 g/mol. The molecule has 2 aromatic carbocycles. The molecule has 0 atom stereocenters. The minimum atomic E-state index is -0.270. The minimum Gasteiger partial charge on any atom is -0.324 e. The van der Waals surface area contributed by atoms with Crippen molar-refractivity contribution in [2.24, 2.45) is 0 Å². The number of rotatable bonds is 4. The Kier molecular flexibility index (Phi) is 5.21. The third-order valence-electron chi connectivity index (χ3n) is 4.29. The number of carbonyl (C=O) groups excluding carboxylic acids is 1. The molecule has 3 aromatic rings. The zero-order chi connectivity index (χ0) is 19.4. The molecule has 0 saturated carbocycles. The van der Waals surface area contributed by atoms with Crippen molar-refractivity contribution in [2.45, 2.75) is 33.1 Å². The Morgan fingerprint density at radius 1 is 0.963 bits per heavy atom. The maximum atomic E-state index is 12.5. The summed E-state index contributed by atoms with van der Waals surface area (Å²) in [5.74, 6) is 0.119. The summed E-state index contributed by atoms with van der Waals surface area (Å²) in [6, 6.07) is 17.3. The summed E-state index contributed by atoms with van der Waals surface area (Å²) < 4.78 is 0. The zero-order valence-electron chi connectivity index (χ0n) is 16.1. The maximum Gasteiger partial charge on any atom is 0.274 e. The summed E-state index contributed by atoms with van der Waals surface area (Å²) in [6.07, 6.45) is 1.57. The molecule has 0 bridgehead atoms. The van der Waals surface area contributed by atoms with Gasteiger partial charge in [-0.3, -0.25) is 4.79 Å². The lowest BCUT2D eigenvalue weighted by molar-refractivity contribution is 0.102. The predicted octanol–water partition coefficient (Wildman–Crippen LogP) is 5.08. The molecule has 0 unspecified atom stereocenters. The van der Waals surface area contributed by atoms with Crippen LogP contribution in [0.15, 0.2) is 60.8 Å². The SMILES string of the molecule is Cc1ccccc1Nc1nccc(C(=O)Nc2ccc(C(C)(C)C)cc2)n1. The second-order valence-electron chi connectivity index (χ2n) is 7.49. The first kappa shape index (κ1) is 18.6. The van der Waals surface area contributed by atoms with Crippen LogP contribution in [0.4, 0.5) is 17.3 Å². The first-order valence-corrected chi connectivity index (χ1v) is 8.90. The second kappa shape index (κ2) is 7.58. The van der Waals surface area contributed by atoms with Gasteiger partial charge in [0.05, 0.1) is 0 Å². The Bertz CT molecular complexity index is 943. The lowest BCUT2D eigenvalue weighted by Crippen LogP contribution is -2.15. The van der Waals surface area contributed by atoms with Gasteiger partial charge in [0, 0.05) is 17.6 Å². The van der Waals surface area contributed by atoms with Gasteiger partial charge >= 0.3 is 0 Å². The van der Waals surface area contributed by atoms with E-state index >= 15 is 0 Å². The summed E-state index contributed by atoms with van der Waals surface area (Å²) in [5, 5.41) is 6.04. The van der Waals surface area contributed by atoms with Crippen molar-refractivity contribution in [3.63, 3.8) is 0 Å². The van der Waals surface area contributed by atoms with E-state index < -0.39 is 0 Å². The van der Waals surface area contributed by atoms with Crippen molar-refractivity contribution in [3.8, 4) is 0 Å². The number of aryl methyl sites for hydroxylation is 1. The lowest BCUT2D eigenvalue weighted by atomic mass is 9.87. The molecule has 1 amide bonds. The normalized spacial score (nSPS) is 11.1. The van der Waals surface area contributed by atoms with E-state index in [1.807, 2.05) is 55.5 Å². The highest BCUT2D eigenvalue weighted by atomic mass is 16.1. The monoisotopic (exact) mass is 360 g/mol. The van der Waals surface area contributed by atoms with Crippen LogP contribution in [0.5, 0.6) is 0 Å². The number of hydrogen-bond donors (Lipinski definition) is 2. The number of aromatic nitrogens is 2. The molecule has 138 valence electrons. The number of nitrogens with zero attached hydrogens (tertiary/aromatic N) is 2. The summed E-state index contributed by atoms with van der Waals surface area (Å²) >= 11 is 0. The van der Waals surface area contributed by atoms with Crippen molar-refractivity contribution in [2.75, 3.05) is 10.6 Å². The Morgan fingerprint density at radius 2 is 1.67 bits per heavy atom. The van der Waals surface area contributed by atoms with E-state index in [-0.39, 0.29) is 11.3 Å². The minimum absolute atomic E-state index is 0.0747. The lowest BCUT2D eigenvalue weighted by Gasteiger charge is -2.19. The van der Waals surface area contributed by atoms with Crippen LogP contribution in [-0.2, 0) is 5.41 Å². The topological polar surface area (TPSA) is 66.9 Å². The van der Waals surface area contributed by atoms with Gasteiger partial charge in [-0.05, 0) is 47.7 Å². The molecule has 0 aliphatic rings. The molecule has 0 aliphatic heterocycles. The number of carbonyl (C=O) groups is 1. The van der Waals surface area contributed by atoms with Crippen LogP contribution in [-0.4, -0.2) is 15.9 Å². The molecule has 1 heterocycles. The molecule has 1 aromatic heterocycles. The van der Waals surface area contributed by atoms with Crippen LogP contribution in [0.2, 0.25) is 0 Å². The molecule has 0 saturated heterocycles. The van der Waals surface area contributed by atoms with Crippen molar-refractivity contribution in [1.82, 2.24) is 9.97 Å². The van der Waals surface area contributed by atoms with Crippen molar-refractivity contribution < 1.29 is 4.79 Å². The highest BCUT2D eigenvalue weighted by Gasteiger charge is 2.14. The summed E-state index contributed by atoms with van der Waals surface area (Å²) in [7, 11) is 0. The van der Waals surface area contributed by atoms with Gasteiger partial charge in [0.1, 0.15) is 5.69 Å². The first-order chi connectivity index (χ1) is 12.8. The Hall–Kier alpha value is -3.21. The number of hydrogen-bond acceptors (Lipinski definition) is 4. The van der Waals surface area contributed by atoms with Gasteiger partial charge in [-0.2, -0.15) is 0 Å². The second-order valence-corrected chi connectivity index (χ2v) is 7.49. The molecule has 2 N–H and O–H groups in total. The van der Waals surface area contributed by atoms with Gasteiger partial charge in [0.25, 0.3) is 5.91 Å². The molecule has 0 aliphatic carbocycles. The third-order valence-corrected chi connectivity index (χ3v) is 4.29. The average Bonchev–Trinajstić information content (AvgIpc) is 2.63. The zero-order valence-corrected chi connectivity index (χ0v) is 16.1. The van der Waals surface area contributed by atoms with Gasteiger partial charge in [0.2, 0.25) is 5.95 Å². The van der Waals surface area contributed by atoms with E-state index in [9.17, 15) is 4.79 Å². The van der Waals surface area contributed by atoms with Gasteiger partial charge in [0.15, 0.2) is 0 Å². The first-order valence-electron chi connectivity index (χ1n) is 8.90. The summed E-state index contributed by atoms with van der Waals surface area (Å²) in [6.45, 7) is 8.47. The molecular formula is C22H24N4O. The van der Waals surface area contributed by atoms with Gasteiger partial charge in [-0.25, -0.2) is 9.97 Å². The number of nitrogens with one attached hydrogen (secondary N) is 2. The van der Waals surface area contributed by atoms with Crippen LogP contribution < -0.4 is 10.6 Å². The molecule has 27 heavy (non-hydrogen) atoms. The predicted molar refractivity (Wildman–Crippen MR) is 110 cm³/mol. The number of para-hydroxylation sites is 1. The number of amides is 1. The van der Waals surface area contributed by atoms with Crippen molar-refractivity contribution >= 4 is 23.2 Å². The van der Waals surface area contributed by atoms with Gasteiger partial charge in [-0.1, -0.05) is 51.1 Å². The van der Waals surface area contributed by atoms with E-state index in [4.69, 9.17) is 0 Å². The molecule has 0 spiro atoms. The Morgan fingerprint density at radius 3 is 2.33 bits per heavy atom. The fourth-order valence-corrected chi connectivity index (χ4v) is 2.63. The largest absolute Gasteiger partial charge is 0.324 e. The quantitative estimate of drug-likeness (QED) is 0.681. The van der Waals surface area contributed by atoms with Crippen LogP contribution in [0.25, 0.3) is 0 Å². The fourth-order valence-electron chi connectivity index (χ4n) is 2.63. The number of benzene rings is 2. The van der Waals surface area contributed by atoms with Gasteiger partial charge in [-0.15, -0.1) is 0 Å².